The zero-order valence-corrected chi connectivity index (χ0v) is 19.1. The number of rotatable bonds is 8. The molecule has 3 aromatic rings. The third kappa shape index (κ3) is 4.90. The summed E-state index contributed by atoms with van der Waals surface area (Å²) in [6.45, 7) is 8.14. The smallest absolute Gasteiger partial charge is 0.0891 e. The van der Waals surface area contributed by atoms with Gasteiger partial charge in [0, 0.05) is 0 Å². The third-order valence-electron chi connectivity index (χ3n) is 6.55. The molecule has 0 saturated carbocycles. The van der Waals surface area contributed by atoms with Crippen molar-refractivity contribution in [2.24, 2.45) is 0 Å². The average Bonchev–Trinajstić information content (AvgIpc) is 2.79. The van der Waals surface area contributed by atoms with Gasteiger partial charge in [0.1, 0.15) is 0 Å². The number of benzene rings is 3. The molecule has 3 heteroatoms. The summed E-state index contributed by atoms with van der Waals surface area (Å²) in [4.78, 5) is 0. The van der Waals surface area contributed by atoms with Gasteiger partial charge < -0.3 is 15.3 Å². The Hall–Kier alpha value is -2.46. The van der Waals surface area contributed by atoms with Crippen LogP contribution in [0.3, 0.4) is 0 Å². The zero-order valence-electron chi connectivity index (χ0n) is 19.1. The summed E-state index contributed by atoms with van der Waals surface area (Å²) in [6, 6.07) is 18.7. The second-order valence-corrected chi connectivity index (χ2v) is 8.51. The van der Waals surface area contributed by atoms with Gasteiger partial charge in [-0.1, -0.05) is 68.4 Å². The van der Waals surface area contributed by atoms with E-state index in [0.29, 0.717) is 12.8 Å². The van der Waals surface area contributed by atoms with Crippen molar-refractivity contribution in [3.63, 3.8) is 0 Å². The Labute approximate surface area is 186 Å². The molecular formula is C28H34O3. The maximum Gasteiger partial charge on any atom is 0.0891 e. The van der Waals surface area contributed by atoms with Crippen molar-refractivity contribution < 1.29 is 15.3 Å². The fraction of sp³-hybridized carbons (Fsp3) is 0.357. The molecule has 0 spiro atoms. The van der Waals surface area contributed by atoms with Gasteiger partial charge in [-0.2, -0.15) is 0 Å². The molecule has 0 unspecified atom stereocenters. The number of aryl methyl sites for hydroxylation is 2. The van der Waals surface area contributed by atoms with Crippen molar-refractivity contribution in [1.82, 2.24) is 0 Å². The van der Waals surface area contributed by atoms with Crippen LogP contribution < -0.4 is 0 Å². The van der Waals surface area contributed by atoms with Crippen LogP contribution in [0.15, 0.2) is 54.6 Å². The minimum Gasteiger partial charge on any atom is -0.392 e. The molecular weight excluding hydrogens is 384 g/mol. The lowest BCUT2D eigenvalue weighted by Gasteiger charge is -2.27. The van der Waals surface area contributed by atoms with Crippen LogP contribution in [0.2, 0.25) is 0 Å². The first-order valence-corrected chi connectivity index (χ1v) is 11.1. The topological polar surface area (TPSA) is 60.7 Å². The fourth-order valence-electron chi connectivity index (χ4n) is 4.31. The van der Waals surface area contributed by atoms with Crippen molar-refractivity contribution in [2.75, 3.05) is 0 Å². The maximum atomic E-state index is 10.9. The molecule has 0 aliphatic carbocycles. The van der Waals surface area contributed by atoms with Crippen molar-refractivity contribution in [3.05, 3.63) is 93.5 Å². The van der Waals surface area contributed by atoms with E-state index in [1.807, 2.05) is 32.0 Å². The van der Waals surface area contributed by atoms with Crippen LogP contribution in [0, 0.1) is 13.8 Å². The van der Waals surface area contributed by atoms with E-state index in [1.165, 1.54) is 22.3 Å². The molecule has 0 aliphatic rings. The number of hydrogen-bond acceptors (Lipinski definition) is 3. The van der Waals surface area contributed by atoms with E-state index in [9.17, 15) is 15.3 Å². The highest BCUT2D eigenvalue weighted by Crippen LogP contribution is 2.34. The molecule has 0 bridgehead atoms. The molecule has 0 radical (unpaired) electrons. The van der Waals surface area contributed by atoms with Crippen LogP contribution in [0.25, 0.3) is 11.1 Å². The van der Waals surface area contributed by atoms with E-state index in [2.05, 4.69) is 50.2 Å². The maximum absolute atomic E-state index is 10.9. The number of aliphatic hydroxyl groups excluding tert-OH is 2. The molecule has 3 aromatic carbocycles. The van der Waals surface area contributed by atoms with Crippen LogP contribution in [-0.4, -0.2) is 15.3 Å². The van der Waals surface area contributed by atoms with Gasteiger partial charge in [-0.3, -0.25) is 0 Å². The molecule has 0 aromatic heterocycles. The SMILES string of the molecule is CCC(O)(CC)c1ccc(-c2cc(Cc3ccc(CO)c(CO)c3)ccc2C)c(C)c1. The Morgan fingerprint density at radius 1 is 0.677 bits per heavy atom. The van der Waals surface area contributed by atoms with Gasteiger partial charge in [0.15, 0.2) is 0 Å². The Balaban J connectivity index is 1.95. The summed E-state index contributed by atoms with van der Waals surface area (Å²) in [5.74, 6) is 0. The zero-order chi connectivity index (χ0) is 22.6. The number of hydrogen-bond donors (Lipinski definition) is 3. The molecule has 3 N–H and O–H groups in total. The molecule has 3 nitrogen and oxygen atoms in total. The lowest BCUT2D eigenvalue weighted by Crippen LogP contribution is -2.23. The van der Waals surface area contributed by atoms with Crippen LogP contribution in [-0.2, 0) is 25.2 Å². The Morgan fingerprint density at radius 2 is 1.32 bits per heavy atom. The second-order valence-electron chi connectivity index (χ2n) is 8.51. The molecule has 0 fully saturated rings. The molecule has 0 saturated heterocycles. The predicted molar refractivity (Wildman–Crippen MR) is 127 cm³/mol. The fourth-order valence-corrected chi connectivity index (χ4v) is 4.31. The lowest BCUT2D eigenvalue weighted by atomic mass is 9.85. The normalized spacial score (nSPS) is 11.7. The lowest BCUT2D eigenvalue weighted by molar-refractivity contribution is 0.0283. The largest absolute Gasteiger partial charge is 0.392 e. The molecule has 31 heavy (non-hydrogen) atoms. The molecule has 0 heterocycles. The Kier molecular flexibility index (Phi) is 7.32. The minimum atomic E-state index is -0.772. The van der Waals surface area contributed by atoms with Gasteiger partial charge in [0.05, 0.1) is 18.8 Å². The second kappa shape index (κ2) is 9.78. The quantitative estimate of drug-likeness (QED) is 0.449. The van der Waals surface area contributed by atoms with Crippen molar-refractivity contribution in [1.29, 1.82) is 0 Å². The summed E-state index contributed by atoms with van der Waals surface area (Å²) in [6.07, 6.45) is 2.15. The summed E-state index contributed by atoms with van der Waals surface area (Å²) in [7, 11) is 0. The van der Waals surface area contributed by atoms with Gasteiger partial charge in [-0.15, -0.1) is 0 Å². The van der Waals surface area contributed by atoms with Crippen LogP contribution in [0.1, 0.15) is 65.6 Å². The van der Waals surface area contributed by atoms with E-state index < -0.39 is 5.60 Å². The molecule has 3 rings (SSSR count). The first-order valence-electron chi connectivity index (χ1n) is 11.1. The number of aliphatic hydroxyl groups is 3. The summed E-state index contributed by atoms with van der Waals surface area (Å²) in [5, 5.41) is 29.9. The van der Waals surface area contributed by atoms with E-state index >= 15 is 0 Å². The van der Waals surface area contributed by atoms with Crippen LogP contribution >= 0.6 is 0 Å². The predicted octanol–water partition coefficient (Wildman–Crippen LogP) is 5.55. The van der Waals surface area contributed by atoms with Gasteiger partial charge in [-0.05, 0) is 83.2 Å². The molecule has 164 valence electrons. The highest BCUT2D eigenvalue weighted by Gasteiger charge is 2.25. The van der Waals surface area contributed by atoms with E-state index in [0.717, 1.165) is 34.2 Å². The first kappa shape index (κ1) is 23.2. The molecule has 0 amide bonds. The van der Waals surface area contributed by atoms with E-state index in [1.54, 1.807) is 0 Å². The van der Waals surface area contributed by atoms with Crippen molar-refractivity contribution >= 4 is 0 Å². The van der Waals surface area contributed by atoms with Crippen molar-refractivity contribution in [2.45, 2.75) is 65.8 Å². The van der Waals surface area contributed by atoms with Crippen LogP contribution in [0.5, 0.6) is 0 Å². The highest BCUT2D eigenvalue weighted by molar-refractivity contribution is 5.71. The van der Waals surface area contributed by atoms with Crippen LogP contribution in [0.4, 0.5) is 0 Å². The summed E-state index contributed by atoms with van der Waals surface area (Å²) in [5.41, 5.74) is 8.82. The van der Waals surface area contributed by atoms with Gasteiger partial charge in [0.2, 0.25) is 0 Å². The van der Waals surface area contributed by atoms with E-state index in [4.69, 9.17) is 0 Å². The van der Waals surface area contributed by atoms with Crippen molar-refractivity contribution in [3.8, 4) is 11.1 Å². The molecule has 0 aliphatic heterocycles. The molecule has 0 atom stereocenters. The standard InChI is InChI=1S/C28H34O3/c1-5-28(31,6-2)25-11-12-26(20(4)13-25)27-16-22(8-7-19(27)3)14-21-9-10-23(17-29)24(15-21)18-30/h7-13,15-16,29-31H,5-6,14,17-18H2,1-4H3. The highest BCUT2D eigenvalue weighted by atomic mass is 16.3. The average molecular weight is 419 g/mol. The Morgan fingerprint density at radius 3 is 1.94 bits per heavy atom. The Bertz CT molecular complexity index is 1050. The monoisotopic (exact) mass is 418 g/mol. The van der Waals surface area contributed by atoms with Gasteiger partial charge in [0.25, 0.3) is 0 Å². The van der Waals surface area contributed by atoms with Gasteiger partial charge in [-0.25, -0.2) is 0 Å². The third-order valence-corrected chi connectivity index (χ3v) is 6.55. The summed E-state index contributed by atoms with van der Waals surface area (Å²) >= 11 is 0. The van der Waals surface area contributed by atoms with Gasteiger partial charge >= 0.3 is 0 Å². The summed E-state index contributed by atoms with van der Waals surface area (Å²) < 4.78 is 0. The minimum absolute atomic E-state index is 0.0642. The first-order chi connectivity index (χ1) is 14.8. The van der Waals surface area contributed by atoms with E-state index in [-0.39, 0.29) is 13.2 Å².